The van der Waals surface area contributed by atoms with Gasteiger partial charge >= 0.3 is 0 Å². The SMILES string of the molecule is CC(=O)Nc1cccc(NCC(=O)NC2CC2)c1. The summed E-state index contributed by atoms with van der Waals surface area (Å²) in [5.74, 6) is -0.110. The molecule has 0 saturated heterocycles. The van der Waals surface area contributed by atoms with Crippen molar-refractivity contribution in [1.82, 2.24) is 5.32 Å². The minimum atomic E-state index is -0.112. The number of carbonyl (C=O) groups is 2. The zero-order valence-corrected chi connectivity index (χ0v) is 10.3. The van der Waals surface area contributed by atoms with Gasteiger partial charge in [0.25, 0.3) is 0 Å². The van der Waals surface area contributed by atoms with Gasteiger partial charge in [-0.2, -0.15) is 0 Å². The standard InChI is InChI=1S/C13H17N3O2/c1-9(17)15-12-4-2-3-11(7-12)14-8-13(18)16-10-5-6-10/h2-4,7,10,14H,5-6,8H2,1H3,(H,15,17)(H,16,18). The molecule has 5 nitrogen and oxygen atoms in total. The van der Waals surface area contributed by atoms with Crippen molar-refractivity contribution in [2.75, 3.05) is 17.2 Å². The van der Waals surface area contributed by atoms with Crippen LogP contribution in [0.25, 0.3) is 0 Å². The van der Waals surface area contributed by atoms with Crippen molar-refractivity contribution in [3.63, 3.8) is 0 Å². The Morgan fingerprint density at radius 2 is 2.00 bits per heavy atom. The molecule has 0 spiro atoms. The van der Waals surface area contributed by atoms with Crippen molar-refractivity contribution in [1.29, 1.82) is 0 Å². The quantitative estimate of drug-likeness (QED) is 0.735. The van der Waals surface area contributed by atoms with Crippen LogP contribution in [0.3, 0.4) is 0 Å². The molecule has 0 aromatic heterocycles. The Hall–Kier alpha value is -2.04. The average molecular weight is 247 g/mol. The average Bonchev–Trinajstić information content (AvgIpc) is 3.10. The van der Waals surface area contributed by atoms with E-state index in [9.17, 15) is 9.59 Å². The number of anilines is 2. The highest BCUT2D eigenvalue weighted by Crippen LogP contribution is 2.18. The lowest BCUT2D eigenvalue weighted by molar-refractivity contribution is -0.119. The van der Waals surface area contributed by atoms with Crippen molar-refractivity contribution < 1.29 is 9.59 Å². The van der Waals surface area contributed by atoms with Gasteiger partial charge in [0, 0.05) is 24.3 Å². The van der Waals surface area contributed by atoms with Crippen LogP contribution in [0.15, 0.2) is 24.3 Å². The first-order valence-electron chi connectivity index (χ1n) is 6.04. The van der Waals surface area contributed by atoms with E-state index in [1.807, 2.05) is 12.1 Å². The van der Waals surface area contributed by atoms with Gasteiger partial charge in [0.15, 0.2) is 0 Å². The van der Waals surface area contributed by atoms with Crippen molar-refractivity contribution in [2.24, 2.45) is 0 Å². The molecule has 96 valence electrons. The lowest BCUT2D eigenvalue weighted by Crippen LogP contribution is -2.31. The van der Waals surface area contributed by atoms with Crippen LogP contribution in [-0.2, 0) is 9.59 Å². The summed E-state index contributed by atoms with van der Waals surface area (Å²) in [6.07, 6.45) is 2.17. The number of hydrogen-bond donors (Lipinski definition) is 3. The molecule has 0 heterocycles. The number of amides is 2. The first-order valence-corrected chi connectivity index (χ1v) is 6.04. The molecule has 1 aromatic carbocycles. The van der Waals surface area contributed by atoms with E-state index in [0.717, 1.165) is 24.2 Å². The van der Waals surface area contributed by atoms with Gasteiger partial charge in [-0.15, -0.1) is 0 Å². The lowest BCUT2D eigenvalue weighted by Gasteiger charge is -2.08. The van der Waals surface area contributed by atoms with Gasteiger partial charge in [0.1, 0.15) is 0 Å². The van der Waals surface area contributed by atoms with E-state index < -0.39 is 0 Å². The van der Waals surface area contributed by atoms with Crippen molar-refractivity contribution >= 4 is 23.2 Å². The summed E-state index contributed by atoms with van der Waals surface area (Å²) in [5.41, 5.74) is 1.53. The Morgan fingerprint density at radius 1 is 1.28 bits per heavy atom. The fourth-order valence-electron chi connectivity index (χ4n) is 1.60. The van der Waals surface area contributed by atoms with E-state index in [-0.39, 0.29) is 18.4 Å². The first-order chi connectivity index (χ1) is 8.63. The van der Waals surface area contributed by atoms with Gasteiger partial charge in [-0.3, -0.25) is 9.59 Å². The summed E-state index contributed by atoms with van der Waals surface area (Å²) in [6, 6.07) is 7.66. The van der Waals surface area contributed by atoms with Crippen LogP contribution >= 0.6 is 0 Å². The minimum Gasteiger partial charge on any atom is -0.376 e. The molecule has 2 rings (SSSR count). The predicted molar refractivity (Wildman–Crippen MR) is 70.4 cm³/mol. The maximum absolute atomic E-state index is 11.5. The number of hydrogen-bond acceptors (Lipinski definition) is 3. The molecule has 18 heavy (non-hydrogen) atoms. The molecule has 0 radical (unpaired) electrons. The van der Waals surface area contributed by atoms with Crippen molar-refractivity contribution in [3.8, 4) is 0 Å². The third-order valence-corrected chi connectivity index (χ3v) is 2.58. The number of rotatable bonds is 5. The van der Waals surface area contributed by atoms with Crippen molar-refractivity contribution in [2.45, 2.75) is 25.8 Å². The topological polar surface area (TPSA) is 70.2 Å². The molecule has 3 N–H and O–H groups in total. The Labute approximate surface area is 106 Å². The smallest absolute Gasteiger partial charge is 0.239 e. The fourth-order valence-corrected chi connectivity index (χ4v) is 1.60. The normalized spacial score (nSPS) is 13.8. The van der Waals surface area contributed by atoms with E-state index >= 15 is 0 Å². The van der Waals surface area contributed by atoms with Gasteiger partial charge < -0.3 is 16.0 Å². The molecule has 0 aliphatic heterocycles. The van der Waals surface area contributed by atoms with E-state index in [4.69, 9.17) is 0 Å². The second-order valence-electron chi connectivity index (χ2n) is 4.46. The van der Waals surface area contributed by atoms with E-state index in [0.29, 0.717) is 6.04 Å². The third-order valence-electron chi connectivity index (χ3n) is 2.58. The highest BCUT2D eigenvalue weighted by Gasteiger charge is 2.22. The van der Waals surface area contributed by atoms with Gasteiger partial charge in [0.2, 0.25) is 11.8 Å². The number of benzene rings is 1. The Kier molecular flexibility index (Phi) is 3.82. The molecule has 1 saturated carbocycles. The summed E-state index contributed by atoms with van der Waals surface area (Å²) in [4.78, 5) is 22.4. The fraction of sp³-hybridized carbons (Fsp3) is 0.385. The first kappa shape index (κ1) is 12.4. The Bertz CT molecular complexity index is 455. The monoisotopic (exact) mass is 247 g/mol. The van der Waals surface area contributed by atoms with Crippen LogP contribution < -0.4 is 16.0 Å². The summed E-state index contributed by atoms with van der Waals surface area (Å²) >= 11 is 0. The minimum absolute atomic E-state index is 0.00225. The van der Waals surface area contributed by atoms with E-state index in [2.05, 4.69) is 16.0 Å². The van der Waals surface area contributed by atoms with Gasteiger partial charge in [-0.05, 0) is 31.0 Å². The maximum Gasteiger partial charge on any atom is 0.239 e. The molecule has 1 aliphatic rings. The summed E-state index contributed by atoms with van der Waals surface area (Å²) < 4.78 is 0. The molecule has 1 aromatic rings. The van der Waals surface area contributed by atoms with Crippen LogP contribution in [0.5, 0.6) is 0 Å². The van der Waals surface area contributed by atoms with Crippen LogP contribution in [0, 0.1) is 0 Å². The molecule has 0 atom stereocenters. The molecule has 0 unspecified atom stereocenters. The zero-order valence-electron chi connectivity index (χ0n) is 10.3. The Morgan fingerprint density at radius 3 is 2.67 bits per heavy atom. The van der Waals surface area contributed by atoms with Crippen LogP contribution in [-0.4, -0.2) is 24.4 Å². The third kappa shape index (κ3) is 4.08. The summed E-state index contributed by atoms with van der Waals surface area (Å²) in [7, 11) is 0. The van der Waals surface area contributed by atoms with Crippen LogP contribution in [0.4, 0.5) is 11.4 Å². The van der Waals surface area contributed by atoms with E-state index in [1.54, 1.807) is 12.1 Å². The van der Waals surface area contributed by atoms with Gasteiger partial charge in [0.05, 0.1) is 6.54 Å². The second kappa shape index (κ2) is 5.53. The maximum atomic E-state index is 11.5. The number of nitrogens with one attached hydrogen (secondary N) is 3. The van der Waals surface area contributed by atoms with Gasteiger partial charge in [-0.1, -0.05) is 6.07 Å². The Balaban J connectivity index is 1.84. The summed E-state index contributed by atoms with van der Waals surface area (Å²) in [5, 5.41) is 8.62. The molecule has 5 heteroatoms. The molecule has 0 bridgehead atoms. The molecule has 1 fully saturated rings. The van der Waals surface area contributed by atoms with Crippen LogP contribution in [0.2, 0.25) is 0 Å². The molecule has 1 aliphatic carbocycles. The largest absolute Gasteiger partial charge is 0.376 e. The summed E-state index contributed by atoms with van der Waals surface area (Å²) in [6.45, 7) is 1.71. The van der Waals surface area contributed by atoms with E-state index in [1.165, 1.54) is 6.92 Å². The highest BCUT2D eigenvalue weighted by atomic mass is 16.2. The predicted octanol–water partition coefficient (Wildman–Crippen LogP) is 1.34. The lowest BCUT2D eigenvalue weighted by atomic mass is 10.2. The zero-order chi connectivity index (χ0) is 13.0. The second-order valence-corrected chi connectivity index (χ2v) is 4.46. The number of carbonyl (C=O) groups excluding carboxylic acids is 2. The molecular weight excluding hydrogens is 230 g/mol. The molecule has 2 amide bonds. The van der Waals surface area contributed by atoms with Crippen LogP contribution in [0.1, 0.15) is 19.8 Å². The molecular formula is C13H17N3O2. The van der Waals surface area contributed by atoms with Gasteiger partial charge in [-0.25, -0.2) is 0 Å². The van der Waals surface area contributed by atoms with Crippen molar-refractivity contribution in [3.05, 3.63) is 24.3 Å². The highest BCUT2D eigenvalue weighted by molar-refractivity contribution is 5.89.